The number of carboxylic acid groups (broad SMARTS) is 1. The van der Waals surface area contributed by atoms with Gasteiger partial charge in [-0.2, -0.15) is 0 Å². The molecule has 206 valence electrons. The number of nitrogens with one attached hydrogen (secondary N) is 1. The van der Waals surface area contributed by atoms with Gasteiger partial charge in [0, 0.05) is 30.6 Å². The number of carbonyl (C=O) groups is 1. The van der Waals surface area contributed by atoms with E-state index in [1.54, 1.807) is 0 Å². The third-order valence-corrected chi connectivity index (χ3v) is 9.31. The minimum absolute atomic E-state index is 0.0886. The van der Waals surface area contributed by atoms with Crippen LogP contribution in [0.3, 0.4) is 0 Å². The molecule has 7 heteroatoms. The largest absolute Gasteiger partial charge is 0.480 e. The summed E-state index contributed by atoms with van der Waals surface area (Å²) in [5.74, 6) is -0.864. The van der Waals surface area contributed by atoms with Crippen LogP contribution >= 0.6 is 0 Å². The van der Waals surface area contributed by atoms with E-state index in [4.69, 9.17) is 0 Å². The Kier molecular flexibility index (Phi) is 7.69. The molecule has 3 aliphatic rings. The highest BCUT2D eigenvalue weighted by atomic mass is 16.4. The Balaban J connectivity index is 1.30. The summed E-state index contributed by atoms with van der Waals surface area (Å²) >= 11 is 0. The van der Waals surface area contributed by atoms with Gasteiger partial charge in [0.15, 0.2) is 5.82 Å². The Morgan fingerprint density at radius 2 is 1.49 bits per heavy atom. The van der Waals surface area contributed by atoms with Crippen molar-refractivity contribution in [3.63, 3.8) is 0 Å². The Morgan fingerprint density at radius 3 is 2.18 bits per heavy atom. The first-order valence-electron chi connectivity index (χ1n) is 14.9. The maximum Gasteiger partial charge on any atom is 0.326 e. The smallest absolute Gasteiger partial charge is 0.326 e. The number of anilines is 1. The lowest BCUT2D eigenvalue weighted by Gasteiger charge is -2.45. The van der Waals surface area contributed by atoms with Crippen molar-refractivity contribution in [3.05, 3.63) is 70.5 Å². The van der Waals surface area contributed by atoms with Gasteiger partial charge in [-0.1, -0.05) is 74.6 Å². The van der Waals surface area contributed by atoms with Gasteiger partial charge in [-0.25, -0.2) is 9.78 Å². The molecule has 3 heterocycles. The first-order valence-corrected chi connectivity index (χ1v) is 14.9. The van der Waals surface area contributed by atoms with Gasteiger partial charge in [-0.3, -0.25) is 9.69 Å². The van der Waals surface area contributed by atoms with Crippen LogP contribution in [0.4, 0.5) is 5.82 Å². The Labute approximate surface area is 230 Å². The van der Waals surface area contributed by atoms with E-state index in [2.05, 4.69) is 15.2 Å². The van der Waals surface area contributed by atoms with E-state index in [1.807, 2.05) is 59.2 Å². The number of piperidine rings is 1. The average molecular weight is 529 g/mol. The standard InChI is InChI=1S/C32H40N4O3/c37-31-30(34-28(32(38)39)19-22-11-5-4-6-12-22)33-27-15-9-10-16-29(27)36(31)26-20-24-17-18-25(21-26)35(24)23-13-7-2-1-3-8-14-23/h4-6,9-12,15-16,23-26,28H,1-3,7-8,13-14,17-21H2,(H,33,34)(H,38,39)/t24-,25?,26+,28-/m0/s1. The molecular formula is C32H40N4O3. The van der Waals surface area contributed by atoms with Crippen LogP contribution in [-0.4, -0.2) is 49.7 Å². The van der Waals surface area contributed by atoms with Crippen molar-refractivity contribution >= 4 is 22.8 Å². The van der Waals surface area contributed by atoms with Gasteiger partial charge in [-0.15, -0.1) is 0 Å². The predicted octanol–water partition coefficient (Wildman–Crippen LogP) is 5.79. The van der Waals surface area contributed by atoms with E-state index in [-0.39, 0.29) is 23.8 Å². The number of para-hydroxylation sites is 2. The molecule has 2 saturated heterocycles. The van der Waals surface area contributed by atoms with E-state index >= 15 is 0 Å². The summed E-state index contributed by atoms with van der Waals surface area (Å²) in [5, 5.41) is 13.0. The molecule has 1 saturated carbocycles. The summed E-state index contributed by atoms with van der Waals surface area (Å²) in [4.78, 5) is 33.7. The predicted molar refractivity (Wildman–Crippen MR) is 154 cm³/mol. The lowest BCUT2D eigenvalue weighted by atomic mass is 9.89. The van der Waals surface area contributed by atoms with Crippen molar-refractivity contribution < 1.29 is 9.90 Å². The molecule has 1 aliphatic carbocycles. The fourth-order valence-corrected chi connectivity index (χ4v) is 7.55. The van der Waals surface area contributed by atoms with Crippen LogP contribution in [0.15, 0.2) is 59.4 Å². The van der Waals surface area contributed by atoms with E-state index in [1.165, 1.54) is 57.8 Å². The molecule has 4 atom stereocenters. The lowest BCUT2D eigenvalue weighted by Crippen LogP contribution is -2.50. The summed E-state index contributed by atoms with van der Waals surface area (Å²) in [5.41, 5.74) is 2.25. The molecule has 3 aromatic rings. The zero-order chi connectivity index (χ0) is 26.8. The van der Waals surface area contributed by atoms with E-state index < -0.39 is 12.0 Å². The number of aromatic nitrogens is 2. The molecule has 7 nitrogen and oxygen atoms in total. The number of hydrogen-bond donors (Lipinski definition) is 2. The zero-order valence-corrected chi connectivity index (χ0v) is 22.7. The van der Waals surface area contributed by atoms with Crippen molar-refractivity contribution in [2.24, 2.45) is 0 Å². The normalized spacial score (nSPS) is 25.2. The number of hydrogen-bond acceptors (Lipinski definition) is 5. The second-order valence-electron chi connectivity index (χ2n) is 11.8. The molecule has 6 rings (SSSR count). The number of nitrogens with zero attached hydrogens (tertiary/aromatic N) is 3. The maximum absolute atomic E-state index is 14.0. The van der Waals surface area contributed by atoms with Crippen LogP contribution in [0.1, 0.15) is 82.2 Å². The molecule has 39 heavy (non-hydrogen) atoms. The summed E-state index contributed by atoms with van der Waals surface area (Å²) in [7, 11) is 0. The molecule has 3 fully saturated rings. The summed E-state index contributed by atoms with van der Waals surface area (Å²) in [6, 6.07) is 18.1. The highest BCUT2D eigenvalue weighted by Crippen LogP contribution is 2.44. The van der Waals surface area contributed by atoms with Crippen molar-refractivity contribution in [2.75, 3.05) is 5.32 Å². The van der Waals surface area contributed by atoms with Crippen molar-refractivity contribution in [3.8, 4) is 0 Å². The summed E-state index contributed by atoms with van der Waals surface area (Å²) in [6.45, 7) is 0. The first-order chi connectivity index (χ1) is 19.1. The fraction of sp³-hybridized carbons (Fsp3) is 0.531. The van der Waals surface area contributed by atoms with Crippen LogP contribution in [0.25, 0.3) is 11.0 Å². The van der Waals surface area contributed by atoms with E-state index in [9.17, 15) is 14.7 Å². The highest BCUT2D eigenvalue weighted by molar-refractivity contribution is 5.79. The average Bonchev–Trinajstić information content (AvgIpc) is 3.17. The quantitative estimate of drug-likeness (QED) is 0.404. The Hall–Kier alpha value is -3.19. The minimum atomic E-state index is -0.995. The van der Waals surface area contributed by atoms with Crippen LogP contribution in [-0.2, 0) is 11.2 Å². The van der Waals surface area contributed by atoms with Crippen molar-refractivity contribution in [1.29, 1.82) is 0 Å². The lowest BCUT2D eigenvalue weighted by molar-refractivity contribution is -0.137. The molecule has 0 amide bonds. The van der Waals surface area contributed by atoms with E-state index in [0.29, 0.717) is 18.1 Å². The van der Waals surface area contributed by atoms with Crippen LogP contribution < -0.4 is 10.9 Å². The number of carboxylic acids is 1. The molecule has 1 aromatic heterocycles. The van der Waals surface area contributed by atoms with Crippen molar-refractivity contribution in [1.82, 2.24) is 14.5 Å². The number of fused-ring (bicyclic) bond motifs is 3. The van der Waals surface area contributed by atoms with Gasteiger partial charge in [0.25, 0.3) is 5.56 Å². The SMILES string of the molecule is O=C(O)[C@H](Cc1ccccc1)Nc1nc2ccccc2n([C@H]2CC3CC[C@@H](C2)N3C2CCCCCCC2)c1=O. The third kappa shape index (κ3) is 5.46. The Bertz CT molecular complexity index is 1330. The number of aliphatic carboxylic acids is 1. The van der Waals surface area contributed by atoms with Crippen molar-refractivity contribution in [2.45, 2.75) is 107 Å². The molecule has 2 N–H and O–H groups in total. The fourth-order valence-electron chi connectivity index (χ4n) is 7.55. The Morgan fingerprint density at radius 1 is 0.846 bits per heavy atom. The number of benzene rings is 2. The third-order valence-electron chi connectivity index (χ3n) is 9.31. The van der Waals surface area contributed by atoms with Gasteiger partial charge in [0.2, 0.25) is 0 Å². The van der Waals surface area contributed by atoms with Gasteiger partial charge >= 0.3 is 5.97 Å². The first kappa shape index (κ1) is 26.1. The van der Waals surface area contributed by atoms with Crippen LogP contribution in [0, 0.1) is 0 Å². The zero-order valence-electron chi connectivity index (χ0n) is 22.7. The second-order valence-corrected chi connectivity index (χ2v) is 11.8. The molecular weight excluding hydrogens is 488 g/mol. The van der Waals surface area contributed by atoms with Crippen LogP contribution in [0.5, 0.6) is 0 Å². The van der Waals surface area contributed by atoms with E-state index in [0.717, 1.165) is 29.4 Å². The van der Waals surface area contributed by atoms with Gasteiger partial charge in [-0.05, 0) is 56.2 Å². The molecule has 2 aromatic carbocycles. The monoisotopic (exact) mass is 528 g/mol. The van der Waals surface area contributed by atoms with Gasteiger partial charge in [0.1, 0.15) is 6.04 Å². The van der Waals surface area contributed by atoms with Gasteiger partial charge < -0.3 is 15.0 Å². The van der Waals surface area contributed by atoms with Gasteiger partial charge in [0.05, 0.1) is 11.0 Å². The molecule has 0 radical (unpaired) electrons. The molecule has 2 aliphatic heterocycles. The number of rotatable bonds is 7. The minimum Gasteiger partial charge on any atom is -0.480 e. The second kappa shape index (κ2) is 11.5. The topological polar surface area (TPSA) is 87.5 Å². The molecule has 2 bridgehead atoms. The highest BCUT2D eigenvalue weighted by Gasteiger charge is 2.44. The molecule has 1 unspecified atom stereocenters. The van der Waals surface area contributed by atoms with Crippen LogP contribution in [0.2, 0.25) is 0 Å². The molecule has 0 spiro atoms. The maximum atomic E-state index is 14.0. The summed E-state index contributed by atoms with van der Waals surface area (Å²) < 4.78 is 1.94. The summed E-state index contributed by atoms with van der Waals surface area (Å²) in [6.07, 6.45) is 14.0.